The first-order chi connectivity index (χ1) is 11.9. The fourth-order valence-corrected chi connectivity index (χ4v) is 5.06. The Bertz CT molecular complexity index is 814. The highest BCUT2D eigenvalue weighted by molar-refractivity contribution is 5.84. The van der Waals surface area contributed by atoms with Crippen molar-refractivity contribution in [2.75, 3.05) is 13.2 Å². The van der Waals surface area contributed by atoms with Gasteiger partial charge < -0.3 is 9.64 Å². The van der Waals surface area contributed by atoms with E-state index in [9.17, 15) is 4.79 Å². The van der Waals surface area contributed by atoms with E-state index in [2.05, 4.69) is 30.7 Å². The van der Waals surface area contributed by atoms with Crippen molar-refractivity contribution in [2.45, 2.75) is 46.1 Å². The fraction of sp³-hybridized carbons (Fsp3) is 0.550. The second kappa shape index (κ2) is 5.68. The molecule has 4 rings (SSSR count). The fourth-order valence-electron chi connectivity index (χ4n) is 5.06. The Hall–Kier alpha value is -2.17. The van der Waals surface area contributed by atoms with Gasteiger partial charge in [0.1, 0.15) is 6.33 Å². The molecule has 0 spiro atoms. The second-order valence-electron chi connectivity index (χ2n) is 8.72. The number of likely N-dealkylation sites (tertiary alicyclic amines) is 1. The minimum atomic E-state index is 0.0357. The van der Waals surface area contributed by atoms with Gasteiger partial charge >= 0.3 is 0 Å². The number of hydrogen-bond donors (Lipinski definition) is 0. The van der Waals surface area contributed by atoms with Crippen LogP contribution in [-0.2, 0) is 4.79 Å². The highest BCUT2D eigenvalue weighted by Crippen LogP contribution is 2.52. The lowest BCUT2D eigenvalue weighted by atomic mass is 9.65. The molecule has 1 aromatic carbocycles. The summed E-state index contributed by atoms with van der Waals surface area (Å²) in [5, 5.41) is 0.839. The average Bonchev–Trinajstić information content (AvgIpc) is 2.81. The molecule has 0 N–H and O–H groups in total. The van der Waals surface area contributed by atoms with Gasteiger partial charge in [0.2, 0.25) is 5.88 Å². The molecule has 2 atom stereocenters. The molecule has 0 radical (unpaired) electrons. The first kappa shape index (κ1) is 16.3. The third kappa shape index (κ3) is 3.08. The summed E-state index contributed by atoms with van der Waals surface area (Å²) in [7, 11) is 0. The number of rotatable bonds is 3. The van der Waals surface area contributed by atoms with E-state index >= 15 is 0 Å². The normalized spacial score (nSPS) is 27.5. The van der Waals surface area contributed by atoms with Crippen molar-refractivity contribution in [3.05, 3.63) is 30.6 Å². The second-order valence-corrected chi connectivity index (χ2v) is 8.72. The topological polar surface area (TPSA) is 55.3 Å². The Labute approximate surface area is 148 Å². The van der Waals surface area contributed by atoms with Crippen LogP contribution in [0.4, 0.5) is 0 Å². The molecule has 5 heteroatoms. The van der Waals surface area contributed by atoms with E-state index in [0.717, 1.165) is 30.3 Å². The van der Waals surface area contributed by atoms with Gasteiger partial charge in [0, 0.05) is 12.6 Å². The van der Waals surface area contributed by atoms with Crippen molar-refractivity contribution in [2.24, 2.45) is 10.8 Å². The van der Waals surface area contributed by atoms with Crippen LogP contribution in [0.3, 0.4) is 0 Å². The Balaban J connectivity index is 1.48. The summed E-state index contributed by atoms with van der Waals surface area (Å²) in [5.74, 6) is 0.543. The van der Waals surface area contributed by atoms with Gasteiger partial charge in [-0.1, -0.05) is 32.9 Å². The van der Waals surface area contributed by atoms with Crippen LogP contribution in [0.15, 0.2) is 30.6 Å². The van der Waals surface area contributed by atoms with Crippen LogP contribution in [-0.4, -0.2) is 40.0 Å². The SMILES string of the molecule is CC1(C)C[C@H]2C[C@@](C)(CN2C(=O)COc2ncnc3ccccc23)C1. The van der Waals surface area contributed by atoms with Crippen molar-refractivity contribution in [1.29, 1.82) is 0 Å². The van der Waals surface area contributed by atoms with E-state index in [1.54, 1.807) is 0 Å². The molecule has 2 fully saturated rings. The summed E-state index contributed by atoms with van der Waals surface area (Å²) in [5.41, 5.74) is 1.37. The number of amides is 1. The predicted octanol–water partition coefficient (Wildman–Crippen LogP) is 3.44. The van der Waals surface area contributed by atoms with Crippen molar-refractivity contribution in [3.8, 4) is 5.88 Å². The Morgan fingerprint density at radius 3 is 2.88 bits per heavy atom. The molecule has 1 amide bonds. The van der Waals surface area contributed by atoms with E-state index in [0.29, 0.717) is 17.3 Å². The third-order valence-corrected chi connectivity index (χ3v) is 5.57. The standard InChI is InChI=1S/C20H25N3O2/c1-19(2)8-14-9-20(3,11-19)12-23(14)17(24)10-25-18-15-6-4-5-7-16(15)21-13-22-18/h4-7,13-14H,8-12H2,1-3H3/t14-,20+/m0/s1. The van der Waals surface area contributed by atoms with Gasteiger partial charge in [-0.15, -0.1) is 0 Å². The quantitative estimate of drug-likeness (QED) is 0.859. The molecule has 25 heavy (non-hydrogen) atoms. The first-order valence-corrected chi connectivity index (χ1v) is 8.97. The van der Waals surface area contributed by atoms with Gasteiger partial charge in [-0.05, 0) is 42.2 Å². The van der Waals surface area contributed by atoms with Gasteiger partial charge in [-0.3, -0.25) is 4.79 Å². The van der Waals surface area contributed by atoms with E-state index in [-0.39, 0.29) is 17.9 Å². The number of nitrogens with zero attached hydrogens (tertiary/aromatic N) is 3. The molecular weight excluding hydrogens is 314 g/mol. The molecule has 2 aromatic rings. The molecule has 5 nitrogen and oxygen atoms in total. The number of carbonyl (C=O) groups excluding carboxylic acids is 1. The Morgan fingerprint density at radius 1 is 1.24 bits per heavy atom. The molecule has 1 aromatic heterocycles. The Kier molecular flexibility index (Phi) is 3.71. The lowest BCUT2D eigenvalue weighted by Crippen LogP contribution is -2.40. The number of ether oxygens (including phenoxy) is 1. The van der Waals surface area contributed by atoms with Gasteiger partial charge in [0.05, 0.1) is 10.9 Å². The largest absolute Gasteiger partial charge is 0.467 e. The Morgan fingerprint density at radius 2 is 2.04 bits per heavy atom. The van der Waals surface area contributed by atoms with Crippen molar-refractivity contribution >= 4 is 16.8 Å². The smallest absolute Gasteiger partial charge is 0.260 e. The zero-order chi connectivity index (χ0) is 17.7. The summed E-state index contributed by atoms with van der Waals surface area (Å²) < 4.78 is 5.78. The van der Waals surface area contributed by atoms with Gasteiger partial charge in [-0.2, -0.15) is 0 Å². The molecule has 1 aliphatic heterocycles. The van der Waals surface area contributed by atoms with Crippen LogP contribution >= 0.6 is 0 Å². The van der Waals surface area contributed by atoms with Crippen molar-refractivity contribution in [1.82, 2.24) is 14.9 Å². The monoisotopic (exact) mass is 339 g/mol. The molecule has 1 saturated heterocycles. The molecule has 0 unspecified atom stereocenters. The van der Waals surface area contributed by atoms with Crippen LogP contribution in [0.1, 0.15) is 40.0 Å². The minimum absolute atomic E-state index is 0.0357. The predicted molar refractivity (Wildman–Crippen MR) is 96.3 cm³/mol. The van der Waals surface area contributed by atoms with Gasteiger partial charge in [0.15, 0.2) is 6.61 Å². The lowest BCUT2D eigenvalue weighted by molar-refractivity contribution is -0.134. The number of hydrogen-bond acceptors (Lipinski definition) is 4. The van der Waals surface area contributed by atoms with Crippen LogP contribution in [0, 0.1) is 10.8 Å². The highest BCUT2D eigenvalue weighted by atomic mass is 16.5. The number of aromatic nitrogens is 2. The zero-order valence-electron chi connectivity index (χ0n) is 15.2. The minimum Gasteiger partial charge on any atom is -0.467 e. The summed E-state index contributed by atoms with van der Waals surface area (Å²) in [6, 6.07) is 8.02. The summed E-state index contributed by atoms with van der Waals surface area (Å²) in [6.07, 6.45) is 4.84. The maximum atomic E-state index is 12.8. The van der Waals surface area contributed by atoms with Crippen molar-refractivity contribution < 1.29 is 9.53 Å². The van der Waals surface area contributed by atoms with Crippen LogP contribution < -0.4 is 4.74 Å². The maximum Gasteiger partial charge on any atom is 0.260 e. The average molecular weight is 339 g/mol. The van der Waals surface area contributed by atoms with Crippen molar-refractivity contribution in [3.63, 3.8) is 0 Å². The third-order valence-electron chi connectivity index (χ3n) is 5.57. The first-order valence-electron chi connectivity index (χ1n) is 8.97. The molecular formula is C20H25N3O2. The van der Waals surface area contributed by atoms with E-state index < -0.39 is 0 Å². The molecule has 1 aliphatic carbocycles. The summed E-state index contributed by atoms with van der Waals surface area (Å²) in [4.78, 5) is 23.3. The number of benzene rings is 1. The molecule has 1 saturated carbocycles. The summed E-state index contributed by atoms with van der Waals surface area (Å²) >= 11 is 0. The van der Waals surface area contributed by atoms with Gasteiger partial charge in [-0.25, -0.2) is 9.97 Å². The maximum absolute atomic E-state index is 12.8. The zero-order valence-corrected chi connectivity index (χ0v) is 15.2. The van der Waals surface area contributed by atoms with Crippen LogP contribution in [0.25, 0.3) is 10.9 Å². The molecule has 2 heterocycles. The number of fused-ring (bicyclic) bond motifs is 3. The van der Waals surface area contributed by atoms with Crippen LogP contribution in [0.5, 0.6) is 5.88 Å². The lowest BCUT2D eigenvalue weighted by Gasteiger charge is -2.39. The van der Waals surface area contributed by atoms with Gasteiger partial charge in [0.25, 0.3) is 5.91 Å². The molecule has 2 bridgehead atoms. The van der Waals surface area contributed by atoms with E-state index in [1.165, 1.54) is 12.7 Å². The van der Waals surface area contributed by atoms with Crippen LogP contribution in [0.2, 0.25) is 0 Å². The van der Waals surface area contributed by atoms with E-state index in [4.69, 9.17) is 4.74 Å². The number of carbonyl (C=O) groups is 1. The highest BCUT2D eigenvalue weighted by Gasteiger charge is 2.50. The number of para-hydroxylation sites is 1. The summed E-state index contributed by atoms with van der Waals surface area (Å²) in [6.45, 7) is 7.82. The molecule has 132 valence electrons. The molecule has 2 aliphatic rings. The van der Waals surface area contributed by atoms with E-state index in [1.807, 2.05) is 29.2 Å².